The number of fused-ring (bicyclic) bond motifs is 4. The van der Waals surface area contributed by atoms with E-state index in [-0.39, 0.29) is 0 Å². The van der Waals surface area contributed by atoms with Crippen LogP contribution in [-0.2, 0) is 0 Å². The molecular formula is C20H14S2. The number of rotatable bonds is 0. The summed E-state index contributed by atoms with van der Waals surface area (Å²) in [4.78, 5) is 0. The van der Waals surface area contributed by atoms with Crippen molar-refractivity contribution in [1.29, 1.82) is 0 Å². The summed E-state index contributed by atoms with van der Waals surface area (Å²) in [7, 11) is 0. The van der Waals surface area contributed by atoms with E-state index < -0.39 is 0 Å². The maximum atomic E-state index is 2.19. The van der Waals surface area contributed by atoms with Crippen LogP contribution in [0.5, 0.6) is 0 Å². The van der Waals surface area contributed by atoms with Crippen molar-refractivity contribution < 1.29 is 0 Å². The van der Waals surface area contributed by atoms with E-state index in [1.165, 1.54) is 30.9 Å². The monoisotopic (exact) mass is 318 g/mol. The Bertz CT molecular complexity index is 957. The quantitative estimate of drug-likeness (QED) is 0.289. The van der Waals surface area contributed by atoms with Gasteiger partial charge in [-0.1, -0.05) is 60.7 Å². The molecule has 0 atom stereocenters. The molecule has 22 heavy (non-hydrogen) atoms. The third-order valence-electron chi connectivity index (χ3n) is 3.67. The van der Waals surface area contributed by atoms with Gasteiger partial charge in [0.2, 0.25) is 0 Å². The Kier molecular flexibility index (Phi) is 3.63. The first-order chi connectivity index (χ1) is 10.9. The average molecular weight is 318 g/mol. The van der Waals surface area contributed by atoms with Gasteiger partial charge >= 0.3 is 0 Å². The van der Waals surface area contributed by atoms with E-state index in [4.69, 9.17) is 0 Å². The van der Waals surface area contributed by atoms with Gasteiger partial charge in [-0.2, -0.15) is 11.3 Å². The van der Waals surface area contributed by atoms with E-state index in [1.54, 1.807) is 11.3 Å². The standard InChI is InChI=1S/C12H8S.C8H6S/c1-3-7-11-9(5-1)10-6-2-4-8-12(10)13-11;1-2-4-8-6-9-5-7(8)3-1/h1-8H;1-6H. The molecule has 0 amide bonds. The van der Waals surface area contributed by atoms with Crippen molar-refractivity contribution in [1.82, 2.24) is 0 Å². The van der Waals surface area contributed by atoms with Crippen molar-refractivity contribution in [3.63, 3.8) is 0 Å². The molecule has 0 saturated heterocycles. The summed E-state index contributed by atoms with van der Waals surface area (Å²) in [5.74, 6) is 0. The smallest absolute Gasteiger partial charge is 0.0355 e. The van der Waals surface area contributed by atoms with Gasteiger partial charge in [-0.25, -0.2) is 0 Å². The molecule has 0 saturated carbocycles. The summed E-state index contributed by atoms with van der Waals surface area (Å²) in [6.07, 6.45) is 0. The van der Waals surface area contributed by atoms with Crippen LogP contribution in [0, 0.1) is 0 Å². The van der Waals surface area contributed by atoms with Gasteiger partial charge in [-0.05, 0) is 33.7 Å². The average Bonchev–Trinajstić information content (AvgIpc) is 3.19. The summed E-state index contributed by atoms with van der Waals surface area (Å²) in [6.45, 7) is 0. The molecule has 3 aromatic carbocycles. The van der Waals surface area contributed by atoms with Crippen molar-refractivity contribution >= 4 is 53.6 Å². The van der Waals surface area contributed by atoms with Crippen molar-refractivity contribution in [2.75, 3.05) is 0 Å². The first-order valence-electron chi connectivity index (χ1n) is 7.19. The van der Waals surface area contributed by atoms with Crippen LogP contribution >= 0.6 is 22.7 Å². The Balaban J connectivity index is 0.000000122. The van der Waals surface area contributed by atoms with Crippen molar-refractivity contribution in [2.24, 2.45) is 0 Å². The minimum atomic E-state index is 1.35. The summed E-state index contributed by atoms with van der Waals surface area (Å²) in [5.41, 5.74) is 0. The fourth-order valence-electron chi connectivity index (χ4n) is 2.58. The zero-order valence-corrected chi connectivity index (χ0v) is 13.5. The van der Waals surface area contributed by atoms with E-state index >= 15 is 0 Å². The second-order valence-electron chi connectivity index (χ2n) is 5.10. The highest BCUT2D eigenvalue weighted by Gasteiger charge is 2.01. The molecule has 2 heterocycles. The molecule has 0 spiro atoms. The Morgan fingerprint density at radius 3 is 1.50 bits per heavy atom. The highest BCUT2D eigenvalue weighted by atomic mass is 32.1. The van der Waals surface area contributed by atoms with Gasteiger partial charge in [-0.15, -0.1) is 11.3 Å². The van der Waals surface area contributed by atoms with Gasteiger partial charge in [0.25, 0.3) is 0 Å². The lowest BCUT2D eigenvalue weighted by atomic mass is 10.2. The first-order valence-corrected chi connectivity index (χ1v) is 8.95. The molecular weight excluding hydrogens is 304 g/mol. The molecule has 5 aromatic rings. The summed E-state index contributed by atoms with van der Waals surface area (Å²) in [6, 6.07) is 25.5. The van der Waals surface area contributed by atoms with Crippen LogP contribution in [0.1, 0.15) is 0 Å². The maximum absolute atomic E-state index is 2.19. The summed E-state index contributed by atoms with van der Waals surface area (Å²) < 4.78 is 2.76. The molecule has 0 unspecified atom stereocenters. The SMILES string of the molecule is c1ccc2c(c1)sc1ccccc12.c1ccc2cscc2c1. The van der Waals surface area contributed by atoms with Crippen LogP contribution in [0.3, 0.4) is 0 Å². The van der Waals surface area contributed by atoms with E-state index in [2.05, 4.69) is 83.6 Å². The number of benzene rings is 3. The van der Waals surface area contributed by atoms with Gasteiger partial charge in [0, 0.05) is 20.2 Å². The van der Waals surface area contributed by atoms with E-state index in [9.17, 15) is 0 Å². The van der Waals surface area contributed by atoms with Gasteiger partial charge in [-0.3, -0.25) is 0 Å². The van der Waals surface area contributed by atoms with Crippen LogP contribution < -0.4 is 0 Å². The molecule has 106 valence electrons. The lowest BCUT2D eigenvalue weighted by Gasteiger charge is -1.88. The normalized spacial score (nSPS) is 10.7. The zero-order valence-electron chi connectivity index (χ0n) is 11.9. The highest BCUT2D eigenvalue weighted by molar-refractivity contribution is 7.25. The summed E-state index contributed by atoms with van der Waals surface area (Å²) >= 11 is 3.61. The molecule has 0 N–H and O–H groups in total. The molecule has 0 nitrogen and oxygen atoms in total. The molecule has 0 bridgehead atoms. The number of hydrogen-bond acceptors (Lipinski definition) is 2. The second kappa shape index (κ2) is 5.91. The maximum Gasteiger partial charge on any atom is 0.0355 e. The molecule has 0 aliphatic heterocycles. The number of thiophene rings is 2. The lowest BCUT2D eigenvalue weighted by Crippen LogP contribution is -1.62. The zero-order chi connectivity index (χ0) is 14.8. The summed E-state index contributed by atoms with van der Waals surface area (Å²) in [5, 5.41) is 9.78. The predicted molar refractivity (Wildman–Crippen MR) is 101 cm³/mol. The van der Waals surface area contributed by atoms with E-state index in [1.807, 2.05) is 11.3 Å². The highest BCUT2D eigenvalue weighted by Crippen LogP contribution is 2.32. The van der Waals surface area contributed by atoms with Crippen LogP contribution in [0.2, 0.25) is 0 Å². The third-order valence-corrected chi connectivity index (χ3v) is 5.60. The fraction of sp³-hybridized carbons (Fsp3) is 0. The van der Waals surface area contributed by atoms with Gasteiger partial charge in [0.15, 0.2) is 0 Å². The minimum absolute atomic E-state index is 1.35. The molecule has 0 aliphatic rings. The second-order valence-corrected chi connectivity index (χ2v) is 6.92. The Morgan fingerprint density at radius 1 is 0.500 bits per heavy atom. The Hall–Kier alpha value is -2.16. The van der Waals surface area contributed by atoms with E-state index in [0.29, 0.717) is 0 Å². The van der Waals surface area contributed by atoms with Gasteiger partial charge < -0.3 is 0 Å². The lowest BCUT2D eigenvalue weighted by molar-refractivity contribution is 1.84. The number of hydrogen-bond donors (Lipinski definition) is 0. The van der Waals surface area contributed by atoms with Crippen LogP contribution in [0.4, 0.5) is 0 Å². The molecule has 0 fully saturated rings. The van der Waals surface area contributed by atoms with Crippen LogP contribution in [-0.4, -0.2) is 0 Å². The third kappa shape index (κ3) is 2.52. The first kappa shape index (κ1) is 13.5. The predicted octanol–water partition coefficient (Wildman–Crippen LogP) is 6.96. The van der Waals surface area contributed by atoms with Gasteiger partial charge in [0.05, 0.1) is 0 Å². The molecule has 0 aliphatic carbocycles. The van der Waals surface area contributed by atoms with Crippen molar-refractivity contribution in [3.8, 4) is 0 Å². The molecule has 5 rings (SSSR count). The van der Waals surface area contributed by atoms with Crippen molar-refractivity contribution in [2.45, 2.75) is 0 Å². The van der Waals surface area contributed by atoms with Gasteiger partial charge in [0.1, 0.15) is 0 Å². The topological polar surface area (TPSA) is 0 Å². The molecule has 0 radical (unpaired) electrons. The van der Waals surface area contributed by atoms with Crippen LogP contribution in [0.25, 0.3) is 30.9 Å². The molecule has 2 aromatic heterocycles. The Morgan fingerprint density at radius 2 is 0.955 bits per heavy atom. The fourth-order valence-corrected chi connectivity index (χ4v) is 4.48. The molecule has 2 heteroatoms. The largest absolute Gasteiger partial charge is 0.151 e. The van der Waals surface area contributed by atoms with E-state index in [0.717, 1.165) is 0 Å². The minimum Gasteiger partial charge on any atom is -0.151 e. The van der Waals surface area contributed by atoms with Crippen LogP contribution in [0.15, 0.2) is 83.6 Å². The van der Waals surface area contributed by atoms with Crippen molar-refractivity contribution in [3.05, 3.63) is 83.6 Å². The Labute approximate surface area is 137 Å².